The van der Waals surface area contributed by atoms with Crippen LogP contribution < -0.4 is 10.6 Å². The normalized spacial score (nSPS) is 15.1. The molecule has 0 aliphatic carbocycles. The molecule has 1 fully saturated rings. The minimum atomic E-state index is -0.668. The monoisotopic (exact) mass is 407 g/mol. The summed E-state index contributed by atoms with van der Waals surface area (Å²) in [6, 6.07) is 5.78. The summed E-state index contributed by atoms with van der Waals surface area (Å²) in [6.45, 7) is 4.56. The Hall–Kier alpha value is -2.41. The highest BCUT2D eigenvalue weighted by Gasteiger charge is 2.28. The molecule has 0 saturated carbocycles. The van der Waals surface area contributed by atoms with Crippen molar-refractivity contribution in [1.82, 2.24) is 15.5 Å². The molecule has 1 aromatic rings. The molecular weight excluding hydrogens is 382 g/mol. The van der Waals surface area contributed by atoms with Crippen molar-refractivity contribution in [2.75, 3.05) is 13.1 Å². The highest BCUT2D eigenvalue weighted by atomic mass is 35.5. The number of nitrogens with zero attached hydrogens (tertiary/aromatic N) is 1. The molecule has 7 nitrogen and oxygen atoms in total. The number of likely N-dealkylation sites (tertiary alicyclic amines) is 1. The minimum absolute atomic E-state index is 0.163. The van der Waals surface area contributed by atoms with E-state index in [-0.39, 0.29) is 42.4 Å². The largest absolute Gasteiger partial charge is 0.354 e. The van der Waals surface area contributed by atoms with Crippen LogP contribution in [0.25, 0.3) is 0 Å². The number of hydrogen-bond donors (Lipinski definition) is 2. The number of imide groups is 1. The molecule has 1 aromatic carbocycles. The number of benzene rings is 1. The van der Waals surface area contributed by atoms with Gasteiger partial charge in [-0.3, -0.25) is 24.1 Å². The van der Waals surface area contributed by atoms with Gasteiger partial charge in [0.1, 0.15) is 6.04 Å². The van der Waals surface area contributed by atoms with Gasteiger partial charge in [0.2, 0.25) is 17.7 Å². The van der Waals surface area contributed by atoms with E-state index in [1.54, 1.807) is 24.3 Å². The predicted octanol–water partition coefficient (Wildman–Crippen LogP) is 2.14. The van der Waals surface area contributed by atoms with Crippen molar-refractivity contribution < 1.29 is 19.2 Å². The Morgan fingerprint density at radius 2 is 1.71 bits per heavy atom. The van der Waals surface area contributed by atoms with E-state index in [4.69, 9.17) is 11.6 Å². The number of nitrogens with one attached hydrogen (secondary N) is 2. The molecule has 1 atom stereocenters. The third kappa shape index (κ3) is 6.34. The summed E-state index contributed by atoms with van der Waals surface area (Å²) in [4.78, 5) is 49.3. The van der Waals surface area contributed by atoms with Crippen molar-refractivity contribution >= 4 is 35.2 Å². The van der Waals surface area contributed by atoms with Gasteiger partial charge in [0.15, 0.2) is 0 Å². The second-order valence-corrected chi connectivity index (χ2v) is 7.68. The van der Waals surface area contributed by atoms with Crippen molar-refractivity contribution in [1.29, 1.82) is 0 Å². The van der Waals surface area contributed by atoms with Gasteiger partial charge in [-0.2, -0.15) is 0 Å². The number of hydrogen-bond acceptors (Lipinski definition) is 4. The Bertz CT molecular complexity index is 717. The van der Waals surface area contributed by atoms with Crippen molar-refractivity contribution in [2.24, 2.45) is 5.92 Å². The van der Waals surface area contributed by atoms with Crippen LogP contribution in [0.5, 0.6) is 0 Å². The number of halogens is 1. The Morgan fingerprint density at radius 1 is 1.11 bits per heavy atom. The molecule has 2 rings (SSSR count). The van der Waals surface area contributed by atoms with Crippen LogP contribution in [0.1, 0.15) is 49.9 Å². The van der Waals surface area contributed by atoms with Crippen LogP contribution in [0.4, 0.5) is 0 Å². The van der Waals surface area contributed by atoms with Gasteiger partial charge in [-0.05, 0) is 43.0 Å². The Kier molecular flexibility index (Phi) is 7.99. The van der Waals surface area contributed by atoms with Gasteiger partial charge in [-0.1, -0.05) is 25.4 Å². The first-order valence-corrected chi connectivity index (χ1v) is 9.83. The van der Waals surface area contributed by atoms with Gasteiger partial charge in [0, 0.05) is 36.5 Å². The van der Waals surface area contributed by atoms with Crippen molar-refractivity contribution in [3.63, 3.8) is 0 Å². The third-order valence-corrected chi connectivity index (χ3v) is 4.70. The van der Waals surface area contributed by atoms with Crippen LogP contribution in [0.3, 0.4) is 0 Å². The molecule has 1 unspecified atom stereocenters. The highest BCUT2D eigenvalue weighted by molar-refractivity contribution is 6.30. The quantitative estimate of drug-likeness (QED) is 0.484. The SMILES string of the molecule is CC(C)CC(NC(=O)c1ccc(Cl)cc1)C(=O)NCCCN1C(=O)CCC1=O. The van der Waals surface area contributed by atoms with E-state index in [9.17, 15) is 19.2 Å². The number of carbonyl (C=O) groups excluding carboxylic acids is 4. The van der Waals surface area contributed by atoms with Gasteiger partial charge >= 0.3 is 0 Å². The molecule has 0 spiro atoms. The average Bonchev–Trinajstić information content (AvgIpc) is 2.96. The summed E-state index contributed by atoms with van der Waals surface area (Å²) in [5.41, 5.74) is 0.428. The maximum absolute atomic E-state index is 12.5. The fourth-order valence-corrected chi connectivity index (χ4v) is 3.12. The van der Waals surface area contributed by atoms with E-state index in [1.807, 2.05) is 13.8 Å². The van der Waals surface area contributed by atoms with E-state index >= 15 is 0 Å². The number of rotatable bonds is 9. The molecule has 28 heavy (non-hydrogen) atoms. The fraction of sp³-hybridized carbons (Fsp3) is 0.500. The molecule has 1 saturated heterocycles. The highest BCUT2D eigenvalue weighted by Crippen LogP contribution is 2.12. The summed E-state index contributed by atoms with van der Waals surface area (Å²) >= 11 is 5.84. The minimum Gasteiger partial charge on any atom is -0.354 e. The maximum atomic E-state index is 12.5. The van der Waals surface area contributed by atoms with Crippen LogP contribution in [0, 0.1) is 5.92 Å². The van der Waals surface area contributed by atoms with Gasteiger partial charge in [-0.15, -0.1) is 0 Å². The summed E-state index contributed by atoms with van der Waals surface area (Å²) in [6.07, 6.45) is 1.49. The summed E-state index contributed by atoms with van der Waals surface area (Å²) in [5.74, 6) is -0.740. The Balaban J connectivity index is 1.86. The molecule has 152 valence electrons. The second-order valence-electron chi connectivity index (χ2n) is 7.25. The van der Waals surface area contributed by atoms with Gasteiger partial charge < -0.3 is 10.6 Å². The van der Waals surface area contributed by atoms with Crippen LogP contribution >= 0.6 is 11.6 Å². The van der Waals surface area contributed by atoms with Crippen molar-refractivity contribution in [2.45, 2.75) is 45.6 Å². The number of amides is 4. The van der Waals surface area contributed by atoms with E-state index in [0.717, 1.165) is 0 Å². The molecule has 4 amide bonds. The lowest BCUT2D eigenvalue weighted by Crippen LogP contribution is -2.48. The zero-order valence-electron chi connectivity index (χ0n) is 16.2. The lowest BCUT2D eigenvalue weighted by atomic mass is 10.0. The molecule has 1 aliphatic rings. The molecule has 0 aromatic heterocycles. The van der Waals surface area contributed by atoms with Crippen LogP contribution in [0.2, 0.25) is 5.02 Å². The predicted molar refractivity (Wildman–Crippen MR) is 106 cm³/mol. The van der Waals surface area contributed by atoms with Crippen LogP contribution in [-0.2, 0) is 14.4 Å². The second kappa shape index (κ2) is 10.2. The van der Waals surface area contributed by atoms with Crippen LogP contribution in [0.15, 0.2) is 24.3 Å². The summed E-state index contributed by atoms with van der Waals surface area (Å²) in [5, 5.41) is 6.08. The molecule has 2 N–H and O–H groups in total. The number of carbonyl (C=O) groups is 4. The molecule has 0 bridgehead atoms. The van der Waals surface area contributed by atoms with Gasteiger partial charge in [0.25, 0.3) is 5.91 Å². The third-order valence-electron chi connectivity index (χ3n) is 4.45. The molecule has 1 aliphatic heterocycles. The molecular formula is C20H26ClN3O4. The molecule has 8 heteroatoms. The first kappa shape index (κ1) is 21.9. The fourth-order valence-electron chi connectivity index (χ4n) is 2.99. The Labute approximate surface area is 169 Å². The average molecular weight is 408 g/mol. The molecule has 0 radical (unpaired) electrons. The first-order chi connectivity index (χ1) is 13.3. The zero-order valence-corrected chi connectivity index (χ0v) is 16.9. The van der Waals surface area contributed by atoms with Gasteiger partial charge in [-0.25, -0.2) is 0 Å². The standard InChI is InChI=1S/C20H26ClN3O4/c1-13(2)12-16(23-19(27)14-4-6-15(21)7-5-14)20(28)22-10-3-11-24-17(25)8-9-18(24)26/h4-7,13,16H,3,8-12H2,1-2H3,(H,22,28)(H,23,27). The van der Waals surface area contributed by atoms with Gasteiger partial charge in [0.05, 0.1) is 0 Å². The van der Waals surface area contributed by atoms with E-state index < -0.39 is 6.04 Å². The first-order valence-electron chi connectivity index (χ1n) is 9.45. The van der Waals surface area contributed by atoms with Crippen LogP contribution in [-0.4, -0.2) is 47.7 Å². The summed E-state index contributed by atoms with van der Waals surface area (Å²) < 4.78 is 0. The van der Waals surface area contributed by atoms with Crippen molar-refractivity contribution in [3.05, 3.63) is 34.9 Å². The van der Waals surface area contributed by atoms with E-state index in [2.05, 4.69) is 10.6 Å². The maximum Gasteiger partial charge on any atom is 0.251 e. The Morgan fingerprint density at radius 3 is 2.29 bits per heavy atom. The van der Waals surface area contributed by atoms with Crippen molar-refractivity contribution in [3.8, 4) is 0 Å². The summed E-state index contributed by atoms with van der Waals surface area (Å²) in [7, 11) is 0. The van der Waals surface area contributed by atoms with E-state index in [0.29, 0.717) is 36.5 Å². The topological polar surface area (TPSA) is 95.6 Å². The molecule has 1 heterocycles. The lowest BCUT2D eigenvalue weighted by molar-refractivity contribution is -0.138. The van der Waals surface area contributed by atoms with E-state index in [1.165, 1.54) is 4.90 Å². The lowest BCUT2D eigenvalue weighted by Gasteiger charge is -2.21. The smallest absolute Gasteiger partial charge is 0.251 e. The zero-order chi connectivity index (χ0) is 20.7.